The van der Waals surface area contributed by atoms with Crippen LogP contribution in [0.1, 0.15) is 10.4 Å². The number of rotatable bonds is 6. The molecule has 8 heteroatoms. The number of esters is 1. The minimum absolute atomic E-state index is 0.134. The first-order valence-corrected chi connectivity index (χ1v) is 8.22. The third kappa shape index (κ3) is 6.27. The predicted octanol–water partition coefficient (Wildman–Crippen LogP) is 1.92. The standard InChI is InChI=1S/C17H15FN2O4S/c18-13-8-4-5-9-14(13)25-11-16(22)24-10-15(21)19-20-17(23)12-6-2-1-3-7-12/h1-9H,10-11H2,(H,19,21)(H,20,23). The first-order chi connectivity index (χ1) is 12.1. The Balaban J connectivity index is 1.66. The summed E-state index contributed by atoms with van der Waals surface area (Å²) in [5.41, 5.74) is 4.72. The molecule has 2 N–H and O–H groups in total. The summed E-state index contributed by atoms with van der Waals surface area (Å²) in [5.74, 6) is -2.41. The van der Waals surface area contributed by atoms with Crippen LogP contribution in [-0.4, -0.2) is 30.1 Å². The average Bonchev–Trinajstić information content (AvgIpc) is 2.64. The average molecular weight is 362 g/mol. The van der Waals surface area contributed by atoms with Gasteiger partial charge in [-0.1, -0.05) is 30.3 Å². The van der Waals surface area contributed by atoms with Gasteiger partial charge in [0.15, 0.2) is 6.61 Å². The molecule has 0 aliphatic heterocycles. The number of benzene rings is 2. The van der Waals surface area contributed by atoms with E-state index in [1.165, 1.54) is 6.07 Å². The Morgan fingerprint density at radius 3 is 2.36 bits per heavy atom. The zero-order valence-electron chi connectivity index (χ0n) is 13.0. The third-order valence-corrected chi connectivity index (χ3v) is 3.92. The van der Waals surface area contributed by atoms with Crippen molar-refractivity contribution in [2.75, 3.05) is 12.4 Å². The molecule has 130 valence electrons. The molecule has 0 atom stereocenters. The number of carbonyl (C=O) groups excluding carboxylic acids is 3. The minimum Gasteiger partial charge on any atom is -0.455 e. The van der Waals surface area contributed by atoms with Crippen LogP contribution < -0.4 is 10.9 Å². The molecule has 2 rings (SSSR count). The van der Waals surface area contributed by atoms with Gasteiger partial charge < -0.3 is 4.74 Å². The van der Waals surface area contributed by atoms with Crippen LogP contribution in [-0.2, 0) is 14.3 Å². The van der Waals surface area contributed by atoms with E-state index in [0.717, 1.165) is 11.8 Å². The van der Waals surface area contributed by atoms with E-state index < -0.39 is 30.2 Å². The molecule has 0 saturated heterocycles. The number of thioether (sulfide) groups is 1. The number of hydrogen-bond donors (Lipinski definition) is 2. The van der Waals surface area contributed by atoms with E-state index in [9.17, 15) is 18.8 Å². The molecule has 0 aliphatic carbocycles. The van der Waals surface area contributed by atoms with Crippen molar-refractivity contribution in [1.82, 2.24) is 10.9 Å². The van der Waals surface area contributed by atoms with Crippen molar-refractivity contribution in [2.45, 2.75) is 4.90 Å². The van der Waals surface area contributed by atoms with Gasteiger partial charge in [0, 0.05) is 10.5 Å². The van der Waals surface area contributed by atoms with E-state index in [4.69, 9.17) is 4.74 Å². The van der Waals surface area contributed by atoms with Gasteiger partial charge in [-0.15, -0.1) is 11.8 Å². The first kappa shape index (κ1) is 18.5. The van der Waals surface area contributed by atoms with Crippen LogP contribution in [0.3, 0.4) is 0 Å². The molecule has 0 heterocycles. The lowest BCUT2D eigenvalue weighted by atomic mass is 10.2. The second-order valence-corrected chi connectivity index (χ2v) is 5.77. The number of hydrogen-bond acceptors (Lipinski definition) is 5. The van der Waals surface area contributed by atoms with E-state index in [2.05, 4.69) is 10.9 Å². The Morgan fingerprint density at radius 2 is 1.64 bits per heavy atom. The highest BCUT2D eigenvalue weighted by Gasteiger charge is 2.11. The van der Waals surface area contributed by atoms with Gasteiger partial charge >= 0.3 is 5.97 Å². The summed E-state index contributed by atoms with van der Waals surface area (Å²) in [4.78, 5) is 35.1. The summed E-state index contributed by atoms with van der Waals surface area (Å²) >= 11 is 0.971. The zero-order valence-corrected chi connectivity index (χ0v) is 13.8. The number of amides is 2. The summed E-state index contributed by atoms with van der Waals surface area (Å²) < 4.78 is 18.2. The Kier molecular flexibility index (Phi) is 6.97. The number of nitrogens with one attached hydrogen (secondary N) is 2. The van der Waals surface area contributed by atoms with E-state index in [1.807, 2.05) is 0 Å². The Hall–Kier alpha value is -2.87. The lowest BCUT2D eigenvalue weighted by Crippen LogP contribution is -2.43. The molecule has 2 aromatic carbocycles. The van der Waals surface area contributed by atoms with Gasteiger partial charge in [0.05, 0.1) is 5.75 Å². The minimum atomic E-state index is -0.687. The maximum absolute atomic E-state index is 13.4. The Labute approximate surface area is 147 Å². The second-order valence-electron chi connectivity index (χ2n) is 4.75. The van der Waals surface area contributed by atoms with E-state index in [0.29, 0.717) is 10.5 Å². The highest BCUT2D eigenvalue weighted by atomic mass is 32.2. The van der Waals surface area contributed by atoms with Gasteiger partial charge in [0.25, 0.3) is 11.8 Å². The molecule has 0 unspecified atom stereocenters. The van der Waals surface area contributed by atoms with Crippen LogP contribution in [0.2, 0.25) is 0 Å². The van der Waals surface area contributed by atoms with E-state index in [-0.39, 0.29) is 5.75 Å². The summed E-state index contributed by atoms with van der Waals surface area (Å²) in [6.45, 7) is -0.550. The van der Waals surface area contributed by atoms with Gasteiger partial charge in [-0.2, -0.15) is 0 Å². The van der Waals surface area contributed by atoms with Gasteiger partial charge in [-0.3, -0.25) is 25.2 Å². The number of halogens is 1. The van der Waals surface area contributed by atoms with Crippen molar-refractivity contribution in [3.63, 3.8) is 0 Å². The van der Waals surface area contributed by atoms with Crippen molar-refractivity contribution in [1.29, 1.82) is 0 Å². The second kappa shape index (κ2) is 9.43. The molecular weight excluding hydrogens is 347 g/mol. The smallest absolute Gasteiger partial charge is 0.316 e. The van der Waals surface area contributed by atoms with Crippen LogP contribution in [0, 0.1) is 5.82 Å². The van der Waals surface area contributed by atoms with Crippen LogP contribution in [0.5, 0.6) is 0 Å². The van der Waals surface area contributed by atoms with Gasteiger partial charge in [0.2, 0.25) is 0 Å². The number of carbonyl (C=O) groups is 3. The van der Waals surface area contributed by atoms with Gasteiger partial charge in [-0.25, -0.2) is 4.39 Å². The monoisotopic (exact) mass is 362 g/mol. The topological polar surface area (TPSA) is 84.5 Å². The van der Waals surface area contributed by atoms with Crippen LogP contribution in [0.4, 0.5) is 4.39 Å². The Morgan fingerprint density at radius 1 is 0.960 bits per heavy atom. The fourth-order valence-electron chi connectivity index (χ4n) is 1.71. The molecule has 25 heavy (non-hydrogen) atoms. The van der Waals surface area contributed by atoms with Crippen molar-refractivity contribution in [2.24, 2.45) is 0 Å². The lowest BCUT2D eigenvalue weighted by molar-refractivity contribution is -0.146. The summed E-state index contributed by atoms with van der Waals surface area (Å²) in [6, 6.07) is 14.3. The molecule has 2 aromatic rings. The molecule has 0 saturated carbocycles. The highest BCUT2D eigenvalue weighted by molar-refractivity contribution is 8.00. The SMILES string of the molecule is O=C(COC(=O)CSc1ccccc1F)NNC(=O)c1ccccc1. The zero-order chi connectivity index (χ0) is 18.1. The third-order valence-electron chi connectivity index (χ3n) is 2.90. The maximum Gasteiger partial charge on any atom is 0.316 e. The molecule has 0 aromatic heterocycles. The van der Waals surface area contributed by atoms with Gasteiger partial charge in [-0.05, 0) is 24.3 Å². The fourth-order valence-corrected chi connectivity index (χ4v) is 2.45. The van der Waals surface area contributed by atoms with Crippen LogP contribution >= 0.6 is 11.8 Å². The quantitative estimate of drug-likeness (QED) is 0.466. The Bertz CT molecular complexity index is 755. The van der Waals surface area contributed by atoms with Crippen LogP contribution in [0.15, 0.2) is 59.5 Å². The van der Waals surface area contributed by atoms with Gasteiger partial charge in [0.1, 0.15) is 5.82 Å². The summed E-state index contributed by atoms with van der Waals surface area (Å²) in [5, 5.41) is 0. The fraction of sp³-hybridized carbons (Fsp3) is 0.118. The van der Waals surface area contributed by atoms with E-state index in [1.54, 1.807) is 48.5 Å². The lowest BCUT2D eigenvalue weighted by Gasteiger charge is -2.08. The molecule has 6 nitrogen and oxygen atoms in total. The van der Waals surface area contributed by atoms with Crippen LogP contribution in [0.25, 0.3) is 0 Å². The molecule has 0 radical (unpaired) electrons. The molecule has 0 bridgehead atoms. The van der Waals surface area contributed by atoms with Crippen molar-refractivity contribution in [3.8, 4) is 0 Å². The molecule has 0 spiro atoms. The predicted molar refractivity (Wildman–Crippen MR) is 90.1 cm³/mol. The molecule has 2 amide bonds. The van der Waals surface area contributed by atoms with Crippen molar-refractivity contribution in [3.05, 3.63) is 66.0 Å². The molecule has 0 fully saturated rings. The largest absolute Gasteiger partial charge is 0.455 e. The maximum atomic E-state index is 13.4. The molecule has 0 aliphatic rings. The molecular formula is C17H15FN2O4S. The number of hydrazine groups is 1. The first-order valence-electron chi connectivity index (χ1n) is 7.23. The normalized spacial score (nSPS) is 9.96. The number of ether oxygens (including phenoxy) is 1. The van der Waals surface area contributed by atoms with Crippen molar-refractivity contribution >= 4 is 29.5 Å². The summed E-state index contributed by atoms with van der Waals surface area (Å²) in [7, 11) is 0. The van der Waals surface area contributed by atoms with Crippen molar-refractivity contribution < 1.29 is 23.5 Å². The highest BCUT2D eigenvalue weighted by Crippen LogP contribution is 2.20. The van der Waals surface area contributed by atoms with E-state index >= 15 is 0 Å². The summed E-state index contributed by atoms with van der Waals surface area (Å²) in [6.07, 6.45) is 0.